The molecule has 3 aliphatic rings. The van der Waals surface area contributed by atoms with E-state index in [1.54, 1.807) is 18.0 Å². The number of phenolic OH excluding ortho intramolecular Hbond substituents is 1. The topological polar surface area (TPSA) is 182 Å². The molecule has 2 aliphatic heterocycles. The van der Waals surface area contributed by atoms with Gasteiger partial charge in [0.15, 0.2) is 12.4 Å². The number of benzene rings is 4. The summed E-state index contributed by atoms with van der Waals surface area (Å²) in [7, 11) is 1.78. The Labute approximate surface area is 343 Å². The number of ether oxygens (including phenoxy) is 2. The van der Waals surface area contributed by atoms with Crippen molar-refractivity contribution in [3.8, 4) is 22.6 Å². The number of hydrogen-bond acceptors (Lipinski definition) is 10. The Morgan fingerprint density at radius 1 is 0.932 bits per heavy atom. The Balaban J connectivity index is 0.748. The predicted octanol–water partition coefficient (Wildman–Crippen LogP) is 5.74. The van der Waals surface area contributed by atoms with Gasteiger partial charge in [0, 0.05) is 76.0 Å². The number of amides is 4. The molecule has 0 aromatic heterocycles. The highest BCUT2D eigenvalue weighted by Crippen LogP contribution is 2.42. The number of fused-ring (bicyclic) bond motifs is 2. The number of carbonyl (C=O) groups excluding carboxylic acids is 4. The van der Waals surface area contributed by atoms with Crippen LogP contribution in [0.25, 0.3) is 11.1 Å². The normalized spacial score (nSPS) is 18.8. The molecule has 7 rings (SSSR count). The largest absolute Gasteiger partial charge is 0.506 e. The third-order valence-electron chi connectivity index (χ3n) is 11.3. The molecular formula is C45H52N6O8. The van der Waals surface area contributed by atoms with E-state index in [-0.39, 0.29) is 60.6 Å². The monoisotopic (exact) mass is 804 g/mol. The number of hydrogen-bond donors (Lipinski definition) is 6. The molecule has 0 bridgehead atoms. The van der Waals surface area contributed by atoms with Gasteiger partial charge < -0.3 is 45.4 Å². The zero-order chi connectivity index (χ0) is 41.3. The Hall–Kier alpha value is -5.96. The van der Waals surface area contributed by atoms with Crippen LogP contribution >= 0.6 is 0 Å². The van der Waals surface area contributed by atoms with Crippen LogP contribution in [0.2, 0.25) is 0 Å². The minimum Gasteiger partial charge on any atom is -0.506 e. The van der Waals surface area contributed by atoms with Crippen molar-refractivity contribution >= 4 is 40.9 Å². The van der Waals surface area contributed by atoms with Crippen LogP contribution in [0.1, 0.15) is 49.3 Å². The quantitative estimate of drug-likeness (QED) is 0.0765. The van der Waals surface area contributed by atoms with Crippen LogP contribution < -0.4 is 26.0 Å². The van der Waals surface area contributed by atoms with Crippen molar-refractivity contribution in [1.82, 2.24) is 15.1 Å². The highest BCUT2D eigenvalue weighted by atomic mass is 16.6. The smallest absolute Gasteiger partial charge is 0.411 e. The lowest BCUT2D eigenvalue weighted by atomic mass is 10.0. The molecule has 310 valence electrons. The van der Waals surface area contributed by atoms with Crippen molar-refractivity contribution in [2.75, 3.05) is 62.3 Å². The van der Waals surface area contributed by atoms with E-state index in [4.69, 9.17) is 9.47 Å². The average Bonchev–Trinajstić information content (AvgIpc) is 3.79. The molecule has 4 amide bonds. The van der Waals surface area contributed by atoms with E-state index >= 15 is 0 Å². The third kappa shape index (κ3) is 10.8. The van der Waals surface area contributed by atoms with Crippen molar-refractivity contribution in [2.45, 2.75) is 50.9 Å². The van der Waals surface area contributed by atoms with Crippen LogP contribution in [-0.2, 0) is 25.7 Å². The van der Waals surface area contributed by atoms with Crippen LogP contribution in [0.15, 0.2) is 91.0 Å². The van der Waals surface area contributed by atoms with Crippen molar-refractivity contribution in [3.05, 3.63) is 102 Å². The van der Waals surface area contributed by atoms with Crippen LogP contribution in [-0.4, -0.2) is 96.3 Å². The van der Waals surface area contributed by atoms with Gasteiger partial charge in [0.25, 0.3) is 5.91 Å². The van der Waals surface area contributed by atoms with Gasteiger partial charge in [0.1, 0.15) is 17.5 Å². The Kier molecular flexibility index (Phi) is 13.4. The lowest BCUT2D eigenvalue weighted by Gasteiger charge is -2.24. The maximum Gasteiger partial charge on any atom is 0.411 e. The molecule has 1 saturated carbocycles. The molecule has 6 N–H and O–H groups in total. The number of rotatable bonds is 16. The summed E-state index contributed by atoms with van der Waals surface area (Å²) >= 11 is 0. The first-order valence-electron chi connectivity index (χ1n) is 20.2. The molecular weight excluding hydrogens is 753 g/mol. The average molecular weight is 805 g/mol. The number of likely N-dealkylation sites (tertiary alicyclic amines) is 1. The molecule has 0 spiro atoms. The van der Waals surface area contributed by atoms with E-state index in [1.165, 1.54) is 6.07 Å². The van der Waals surface area contributed by atoms with E-state index in [9.17, 15) is 29.4 Å². The number of aromatic hydroxyl groups is 1. The molecule has 4 aromatic carbocycles. The molecule has 2 heterocycles. The van der Waals surface area contributed by atoms with Crippen LogP contribution in [0, 0.1) is 11.8 Å². The van der Waals surface area contributed by atoms with E-state index in [2.05, 4.69) is 26.2 Å². The number of phenols is 1. The van der Waals surface area contributed by atoms with Crippen molar-refractivity contribution in [1.29, 1.82) is 0 Å². The second-order valence-electron chi connectivity index (χ2n) is 15.6. The summed E-state index contributed by atoms with van der Waals surface area (Å²) in [4.78, 5) is 54.1. The Bertz CT molecular complexity index is 2100. The molecule has 1 aliphatic carbocycles. The summed E-state index contributed by atoms with van der Waals surface area (Å²) in [6.45, 7) is 3.42. The minimum absolute atomic E-state index is 0.0529. The molecule has 0 unspecified atom stereocenters. The second kappa shape index (κ2) is 19.2. The van der Waals surface area contributed by atoms with Gasteiger partial charge in [-0.05, 0) is 72.6 Å². The molecule has 2 fully saturated rings. The van der Waals surface area contributed by atoms with Crippen LogP contribution in [0.4, 0.5) is 21.9 Å². The fraction of sp³-hybridized carbons (Fsp3) is 0.378. The molecule has 4 aromatic rings. The highest BCUT2D eigenvalue weighted by Gasteiger charge is 2.42. The number of nitrogens with zero attached hydrogens (tertiary/aromatic N) is 2. The highest BCUT2D eigenvalue weighted by molar-refractivity contribution is 5.97. The lowest BCUT2D eigenvalue weighted by molar-refractivity contribution is -0.130. The molecule has 0 radical (unpaired) electrons. The third-order valence-corrected chi connectivity index (χ3v) is 11.3. The SMILES string of the molecule is CN(CCCC(=O)Nc1ccc(CNC[C@H](O)c2ccc(O)c3c2OCC(=O)N3)cc1)C(=O)CCN1C[C@H]2C[C@@H](OC(=O)Nc3ccccc3-c3ccccc3)C[C@H]2C1. The predicted molar refractivity (Wildman–Crippen MR) is 224 cm³/mol. The fourth-order valence-electron chi connectivity index (χ4n) is 8.25. The van der Waals surface area contributed by atoms with E-state index in [0.717, 1.165) is 48.3 Å². The lowest BCUT2D eigenvalue weighted by Crippen LogP contribution is -2.33. The van der Waals surface area contributed by atoms with Crippen LogP contribution in [0.3, 0.4) is 0 Å². The van der Waals surface area contributed by atoms with Crippen LogP contribution in [0.5, 0.6) is 11.5 Å². The summed E-state index contributed by atoms with van der Waals surface area (Å²) in [6, 6.07) is 28.0. The molecule has 14 nitrogen and oxygen atoms in total. The summed E-state index contributed by atoms with van der Waals surface area (Å²) in [5.41, 5.74) is 4.91. The molecule has 4 atom stereocenters. The van der Waals surface area contributed by atoms with Gasteiger partial charge in [0.05, 0.1) is 11.8 Å². The van der Waals surface area contributed by atoms with Crippen molar-refractivity contribution in [2.24, 2.45) is 11.8 Å². The number of carbonyl (C=O) groups is 4. The number of anilines is 3. The number of para-hydroxylation sites is 1. The van der Waals surface area contributed by atoms with Crippen molar-refractivity contribution < 1.29 is 38.9 Å². The van der Waals surface area contributed by atoms with Gasteiger partial charge in [-0.2, -0.15) is 0 Å². The maximum atomic E-state index is 12.9. The first-order chi connectivity index (χ1) is 28.6. The first kappa shape index (κ1) is 41.2. The maximum absolute atomic E-state index is 12.9. The van der Waals surface area contributed by atoms with E-state index in [0.29, 0.717) is 55.6 Å². The van der Waals surface area contributed by atoms with Gasteiger partial charge in [-0.3, -0.25) is 19.7 Å². The summed E-state index contributed by atoms with van der Waals surface area (Å²) in [5.74, 6) is 0.552. The molecule has 1 saturated heterocycles. The van der Waals surface area contributed by atoms with E-state index < -0.39 is 12.2 Å². The Morgan fingerprint density at radius 2 is 1.66 bits per heavy atom. The van der Waals surface area contributed by atoms with Gasteiger partial charge in [-0.1, -0.05) is 60.7 Å². The van der Waals surface area contributed by atoms with Gasteiger partial charge in [-0.15, -0.1) is 0 Å². The van der Waals surface area contributed by atoms with Gasteiger partial charge >= 0.3 is 6.09 Å². The minimum atomic E-state index is -0.939. The second-order valence-corrected chi connectivity index (χ2v) is 15.6. The number of aliphatic hydroxyl groups is 1. The molecule has 14 heteroatoms. The summed E-state index contributed by atoms with van der Waals surface area (Å²) in [5, 5.41) is 32.4. The number of aliphatic hydroxyl groups excluding tert-OH is 1. The standard InChI is InChI=1S/C45H52N6O8/c1-50(20-7-12-40(54)47-33-15-13-29(14-16-33)24-46-25-39(53)36-17-18-38(52)43-44(36)58-28-41(55)49-43)42(56)19-21-51-26-31-22-34(23-32(31)27-51)59-45(57)48-37-11-6-5-10-35(37)30-8-3-2-4-9-30/h2-6,8-11,13-18,31-32,34,39,46,52-53H,7,12,19-28H2,1H3,(H,47,54)(H,48,57)(H,49,55)/t31-,32+,34-,39-/m0/s1. The zero-order valence-electron chi connectivity index (χ0n) is 33.2. The summed E-state index contributed by atoms with van der Waals surface area (Å²) in [6.07, 6.45) is 1.39. The summed E-state index contributed by atoms with van der Waals surface area (Å²) < 4.78 is 11.3. The zero-order valence-corrected chi connectivity index (χ0v) is 33.2. The van der Waals surface area contributed by atoms with E-state index in [1.807, 2.05) is 78.9 Å². The fourth-order valence-corrected chi connectivity index (χ4v) is 8.25. The van der Waals surface area contributed by atoms with Crippen molar-refractivity contribution in [3.63, 3.8) is 0 Å². The number of nitrogens with one attached hydrogen (secondary N) is 4. The van der Waals surface area contributed by atoms with Gasteiger partial charge in [0.2, 0.25) is 11.8 Å². The Morgan fingerprint density at radius 3 is 2.42 bits per heavy atom. The first-order valence-corrected chi connectivity index (χ1v) is 20.2. The van der Waals surface area contributed by atoms with Gasteiger partial charge in [-0.25, -0.2) is 4.79 Å². The molecule has 59 heavy (non-hydrogen) atoms.